The first-order valence-corrected chi connectivity index (χ1v) is 10.4. The van der Waals surface area contributed by atoms with E-state index in [2.05, 4.69) is 61.1 Å². The predicted octanol–water partition coefficient (Wildman–Crippen LogP) is 4.41. The van der Waals surface area contributed by atoms with Gasteiger partial charge in [0.2, 0.25) is 0 Å². The van der Waals surface area contributed by atoms with Crippen LogP contribution in [0.15, 0.2) is 42.6 Å². The molecule has 1 N–H and O–H groups in total. The number of aromatic nitrogens is 1. The van der Waals surface area contributed by atoms with Crippen LogP contribution in [-0.4, -0.2) is 41.2 Å². The molecular formula is C24H35N3O2. The van der Waals surface area contributed by atoms with Crippen LogP contribution in [0.2, 0.25) is 0 Å². The fourth-order valence-electron chi connectivity index (χ4n) is 4.74. The summed E-state index contributed by atoms with van der Waals surface area (Å²) in [5.41, 5.74) is 2.42. The minimum absolute atomic E-state index is 0.0821. The molecule has 1 aromatic heterocycles. The molecule has 1 fully saturated rings. The zero-order valence-corrected chi connectivity index (χ0v) is 18.7. The van der Waals surface area contributed by atoms with Gasteiger partial charge in [0, 0.05) is 48.0 Å². The molecule has 0 radical (unpaired) electrons. The van der Waals surface area contributed by atoms with Gasteiger partial charge in [0.25, 0.3) is 0 Å². The van der Waals surface area contributed by atoms with E-state index in [1.54, 1.807) is 14.2 Å². The Kier molecular flexibility index (Phi) is 6.49. The molecule has 5 nitrogen and oxygen atoms in total. The molecule has 1 aliphatic rings. The minimum Gasteiger partial charge on any atom is -0.497 e. The molecule has 2 aromatic rings. The van der Waals surface area contributed by atoms with Crippen molar-refractivity contribution < 1.29 is 9.47 Å². The normalized spacial score (nSPS) is 18.6. The molecule has 0 saturated carbocycles. The number of pyridine rings is 1. The van der Waals surface area contributed by atoms with Crippen LogP contribution in [0.3, 0.4) is 0 Å². The number of benzene rings is 1. The second-order valence-corrected chi connectivity index (χ2v) is 9.36. The van der Waals surface area contributed by atoms with E-state index >= 15 is 0 Å². The van der Waals surface area contributed by atoms with E-state index in [4.69, 9.17) is 9.47 Å². The first kappa shape index (κ1) is 21.6. The fraction of sp³-hybridized carbons (Fsp3) is 0.542. The molecule has 1 aliphatic heterocycles. The number of hydrogen-bond acceptors (Lipinski definition) is 5. The van der Waals surface area contributed by atoms with Gasteiger partial charge in [-0.2, -0.15) is 0 Å². The lowest BCUT2D eigenvalue weighted by Gasteiger charge is -2.49. The third-order valence-electron chi connectivity index (χ3n) is 5.64. The van der Waals surface area contributed by atoms with Crippen LogP contribution in [0, 0.1) is 0 Å². The van der Waals surface area contributed by atoms with Gasteiger partial charge in [0.1, 0.15) is 11.5 Å². The van der Waals surface area contributed by atoms with Crippen molar-refractivity contribution in [3.8, 4) is 11.5 Å². The van der Waals surface area contributed by atoms with E-state index in [9.17, 15) is 0 Å². The van der Waals surface area contributed by atoms with Crippen molar-refractivity contribution in [2.24, 2.45) is 0 Å². The molecule has 0 unspecified atom stereocenters. The highest BCUT2D eigenvalue weighted by molar-refractivity contribution is 5.40. The summed E-state index contributed by atoms with van der Waals surface area (Å²) in [4.78, 5) is 7.14. The quantitative estimate of drug-likeness (QED) is 0.750. The first-order valence-electron chi connectivity index (χ1n) is 10.4. The Morgan fingerprint density at radius 3 is 2.31 bits per heavy atom. The molecule has 0 atom stereocenters. The molecular weight excluding hydrogens is 362 g/mol. The van der Waals surface area contributed by atoms with Gasteiger partial charge in [-0.15, -0.1) is 0 Å². The number of hydrogen-bond donors (Lipinski definition) is 1. The lowest BCUT2D eigenvalue weighted by molar-refractivity contribution is 0.0552. The average Bonchev–Trinajstić information content (AvgIpc) is 2.66. The summed E-state index contributed by atoms with van der Waals surface area (Å²) in [6.07, 6.45) is 4.04. The van der Waals surface area contributed by atoms with Crippen molar-refractivity contribution in [2.75, 3.05) is 14.2 Å². The smallest absolute Gasteiger partial charge is 0.127 e. The molecule has 2 heterocycles. The number of rotatable bonds is 7. The van der Waals surface area contributed by atoms with Crippen molar-refractivity contribution in [1.82, 2.24) is 15.2 Å². The molecule has 0 spiro atoms. The van der Waals surface area contributed by atoms with Crippen LogP contribution < -0.4 is 14.8 Å². The number of ether oxygens (including phenoxy) is 2. The Bertz CT molecular complexity index is 789. The van der Waals surface area contributed by atoms with Crippen LogP contribution in [-0.2, 0) is 13.1 Å². The minimum atomic E-state index is 0.0821. The second-order valence-electron chi connectivity index (χ2n) is 9.36. The van der Waals surface area contributed by atoms with E-state index in [1.807, 2.05) is 24.4 Å². The summed E-state index contributed by atoms with van der Waals surface area (Å²) in [7, 11) is 3.40. The summed E-state index contributed by atoms with van der Waals surface area (Å²) in [6, 6.07) is 12.7. The van der Waals surface area contributed by atoms with Crippen LogP contribution in [0.25, 0.3) is 0 Å². The van der Waals surface area contributed by atoms with Gasteiger partial charge in [-0.3, -0.25) is 9.88 Å². The monoisotopic (exact) mass is 397 g/mol. The number of methoxy groups -OCH3 is 2. The maximum absolute atomic E-state index is 5.67. The lowest BCUT2D eigenvalue weighted by atomic mass is 9.79. The summed E-state index contributed by atoms with van der Waals surface area (Å²) in [6.45, 7) is 10.8. The zero-order chi connectivity index (χ0) is 21.1. The van der Waals surface area contributed by atoms with Gasteiger partial charge in [-0.1, -0.05) is 12.1 Å². The van der Waals surface area contributed by atoms with Crippen LogP contribution in [0.4, 0.5) is 0 Å². The zero-order valence-electron chi connectivity index (χ0n) is 18.7. The van der Waals surface area contributed by atoms with Crippen molar-refractivity contribution in [2.45, 2.75) is 70.7 Å². The summed E-state index contributed by atoms with van der Waals surface area (Å²) in [5.74, 6) is 1.67. The van der Waals surface area contributed by atoms with Gasteiger partial charge in [0.05, 0.1) is 19.9 Å². The number of nitrogens with one attached hydrogen (secondary N) is 1. The van der Waals surface area contributed by atoms with Crippen LogP contribution in [0.1, 0.15) is 51.8 Å². The van der Waals surface area contributed by atoms with Gasteiger partial charge < -0.3 is 14.8 Å². The Balaban J connectivity index is 1.91. The molecule has 5 heteroatoms. The summed E-state index contributed by atoms with van der Waals surface area (Å²) < 4.78 is 11.0. The third kappa shape index (κ3) is 5.71. The Labute approximate surface area is 175 Å². The highest BCUT2D eigenvalue weighted by Crippen LogP contribution is 2.34. The molecule has 0 bridgehead atoms. The molecule has 3 rings (SSSR count). The van der Waals surface area contributed by atoms with Crippen molar-refractivity contribution in [3.05, 3.63) is 53.9 Å². The molecule has 29 heavy (non-hydrogen) atoms. The van der Waals surface area contributed by atoms with Crippen molar-refractivity contribution in [3.63, 3.8) is 0 Å². The summed E-state index contributed by atoms with van der Waals surface area (Å²) in [5, 5.41) is 3.80. The van der Waals surface area contributed by atoms with E-state index in [-0.39, 0.29) is 11.1 Å². The second kappa shape index (κ2) is 8.72. The SMILES string of the molecule is COc1ccc(CN(Cc2ccccn2)C2CC(C)(C)NC(C)(C)C2)c(OC)c1. The summed E-state index contributed by atoms with van der Waals surface area (Å²) >= 11 is 0. The molecule has 0 amide bonds. The topological polar surface area (TPSA) is 46.6 Å². The fourth-order valence-corrected chi connectivity index (χ4v) is 4.74. The molecule has 1 saturated heterocycles. The average molecular weight is 398 g/mol. The van der Waals surface area contributed by atoms with Crippen LogP contribution in [0.5, 0.6) is 11.5 Å². The van der Waals surface area contributed by atoms with Crippen molar-refractivity contribution in [1.29, 1.82) is 0 Å². The van der Waals surface area contributed by atoms with E-state index in [0.29, 0.717) is 6.04 Å². The number of nitrogens with zero attached hydrogens (tertiary/aromatic N) is 2. The van der Waals surface area contributed by atoms with Crippen LogP contribution >= 0.6 is 0 Å². The molecule has 0 aliphatic carbocycles. The van der Waals surface area contributed by atoms with E-state index in [0.717, 1.165) is 43.1 Å². The standard InChI is InChI=1S/C24H35N3O2/c1-23(2)14-20(15-24(3,4)26-23)27(17-19-9-7-8-12-25-19)16-18-10-11-21(28-5)13-22(18)29-6/h7-13,20,26H,14-17H2,1-6H3. The maximum atomic E-state index is 5.67. The van der Waals surface area contributed by atoms with Crippen molar-refractivity contribution >= 4 is 0 Å². The highest BCUT2D eigenvalue weighted by atomic mass is 16.5. The van der Waals surface area contributed by atoms with E-state index in [1.165, 1.54) is 5.56 Å². The number of piperidine rings is 1. The maximum Gasteiger partial charge on any atom is 0.127 e. The van der Waals surface area contributed by atoms with Gasteiger partial charge in [0.15, 0.2) is 0 Å². The lowest BCUT2D eigenvalue weighted by Crippen LogP contribution is -2.62. The molecule has 158 valence electrons. The Morgan fingerprint density at radius 2 is 1.72 bits per heavy atom. The first-order chi connectivity index (χ1) is 13.7. The third-order valence-corrected chi connectivity index (χ3v) is 5.64. The Hall–Kier alpha value is -2.11. The van der Waals surface area contributed by atoms with Gasteiger partial charge in [-0.25, -0.2) is 0 Å². The van der Waals surface area contributed by atoms with Gasteiger partial charge in [-0.05, 0) is 58.7 Å². The van der Waals surface area contributed by atoms with E-state index < -0.39 is 0 Å². The largest absolute Gasteiger partial charge is 0.497 e. The molecule has 1 aromatic carbocycles. The van der Waals surface area contributed by atoms with Gasteiger partial charge >= 0.3 is 0 Å². The predicted molar refractivity (Wildman–Crippen MR) is 117 cm³/mol. The Morgan fingerprint density at radius 1 is 1.00 bits per heavy atom. The highest BCUT2D eigenvalue weighted by Gasteiger charge is 2.40.